The summed E-state index contributed by atoms with van der Waals surface area (Å²) in [5, 5.41) is 5.16. The van der Waals surface area contributed by atoms with Crippen LogP contribution in [0.15, 0.2) is 237 Å². The Morgan fingerprint density at radius 1 is 0.267 bits per heavy atom. The van der Waals surface area contributed by atoms with E-state index in [9.17, 15) is 0 Å². The van der Waals surface area contributed by atoms with E-state index in [2.05, 4.69) is 241 Å². The Hall–Kier alpha value is -7.52. The van der Waals surface area contributed by atoms with Crippen LogP contribution in [0.1, 0.15) is 0 Å². The van der Waals surface area contributed by atoms with E-state index in [1.165, 1.54) is 86.6 Å². The van der Waals surface area contributed by atoms with Crippen LogP contribution in [-0.4, -0.2) is 0 Å². The Morgan fingerprint density at radius 2 is 0.750 bits per heavy atom. The van der Waals surface area contributed by atoms with Gasteiger partial charge in [-0.3, -0.25) is 0 Å². The average molecular weight is 782 g/mol. The summed E-state index contributed by atoms with van der Waals surface area (Å²) in [5.74, 6) is 0. The highest BCUT2D eigenvalue weighted by atomic mass is 32.1. The first-order valence-electron chi connectivity index (χ1n) is 20.5. The standard InChI is InChI=1S/C58H39NS/c1-2-12-40(13-3-1)41-24-26-45(27-25-41)53-19-6-8-22-56(53)59(50-35-30-43(31-36-50)47-32-37-55-54-20-7-9-23-57(54)60-58(55)39-47)49-33-28-42(29-34-49)46-16-10-17-48(38-46)52-21-11-15-44-14-4-5-18-51(44)52/h1-39H. The highest BCUT2D eigenvalue weighted by Crippen LogP contribution is 2.43. The van der Waals surface area contributed by atoms with Gasteiger partial charge in [-0.05, 0) is 109 Å². The summed E-state index contributed by atoms with van der Waals surface area (Å²) in [5.41, 5.74) is 15.3. The van der Waals surface area contributed by atoms with E-state index in [4.69, 9.17) is 0 Å². The van der Waals surface area contributed by atoms with E-state index in [0.29, 0.717) is 0 Å². The number of benzene rings is 10. The van der Waals surface area contributed by atoms with Gasteiger partial charge in [-0.15, -0.1) is 11.3 Å². The molecular weight excluding hydrogens is 743 g/mol. The van der Waals surface area contributed by atoms with Crippen molar-refractivity contribution in [1.82, 2.24) is 0 Å². The fourth-order valence-corrected chi connectivity index (χ4v) is 9.81. The third kappa shape index (κ3) is 6.63. The van der Waals surface area contributed by atoms with Gasteiger partial charge >= 0.3 is 0 Å². The molecule has 60 heavy (non-hydrogen) atoms. The fourth-order valence-electron chi connectivity index (χ4n) is 8.67. The van der Waals surface area contributed by atoms with Crippen molar-refractivity contribution in [3.63, 3.8) is 0 Å². The molecule has 2 heteroatoms. The lowest BCUT2D eigenvalue weighted by Gasteiger charge is -2.28. The maximum atomic E-state index is 2.40. The van der Waals surface area contributed by atoms with Crippen molar-refractivity contribution in [3.05, 3.63) is 237 Å². The van der Waals surface area contributed by atoms with E-state index >= 15 is 0 Å². The number of anilines is 3. The van der Waals surface area contributed by atoms with E-state index in [-0.39, 0.29) is 0 Å². The van der Waals surface area contributed by atoms with Crippen molar-refractivity contribution in [2.75, 3.05) is 4.90 Å². The van der Waals surface area contributed by atoms with Crippen molar-refractivity contribution in [3.8, 4) is 55.6 Å². The van der Waals surface area contributed by atoms with Crippen molar-refractivity contribution in [2.45, 2.75) is 0 Å². The molecular formula is C58H39NS. The highest BCUT2D eigenvalue weighted by Gasteiger charge is 2.18. The normalized spacial score (nSPS) is 11.3. The lowest BCUT2D eigenvalue weighted by molar-refractivity contribution is 1.28. The largest absolute Gasteiger partial charge is 0.310 e. The van der Waals surface area contributed by atoms with Gasteiger partial charge in [0.1, 0.15) is 0 Å². The molecule has 282 valence electrons. The monoisotopic (exact) mass is 781 g/mol. The van der Waals surface area contributed by atoms with Crippen LogP contribution in [0.4, 0.5) is 17.1 Å². The maximum Gasteiger partial charge on any atom is 0.0540 e. The third-order valence-electron chi connectivity index (χ3n) is 11.7. The van der Waals surface area contributed by atoms with Gasteiger partial charge in [0.05, 0.1) is 5.69 Å². The molecule has 0 amide bonds. The first-order chi connectivity index (χ1) is 29.7. The summed E-state index contributed by atoms with van der Waals surface area (Å²) in [6.45, 7) is 0. The van der Waals surface area contributed by atoms with Gasteiger partial charge in [0.2, 0.25) is 0 Å². The van der Waals surface area contributed by atoms with Crippen LogP contribution in [0, 0.1) is 0 Å². The number of rotatable bonds is 8. The minimum Gasteiger partial charge on any atom is -0.310 e. The van der Waals surface area contributed by atoms with Gasteiger partial charge in [0, 0.05) is 37.1 Å². The summed E-state index contributed by atoms with van der Waals surface area (Å²) in [6, 6.07) is 86.1. The molecule has 0 N–H and O–H groups in total. The SMILES string of the molecule is c1ccc(-c2ccc(-c3ccccc3N(c3ccc(-c4cccc(-c5cccc6ccccc56)c4)cc3)c3ccc(-c4ccc5c(c4)sc4ccccc45)cc3)cc2)cc1. The molecule has 11 rings (SSSR count). The molecule has 0 spiro atoms. The average Bonchev–Trinajstić information content (AvgIpc) is 3.70. The number of hydrogen-bond donors (Lipinski definition) is 0. The fraction of sp³-hybridized carbons (Fsp3) is 0. The van der Waals surface area contributed by atoms with Crippen LogP contribution in [0.25, 0.3) is 86.6 Å². The number of thiophene rings is 1. The van der Waals surface area contributed by atoms with E-state index in [0.717, 1.165) is 17.1 Å². The number of fused-ring (bicyclic) bond motifs is 4. The molecule has 0 atom stereocenters. The Morgan fingerprint density at radius 3 is 1.53 bits per heavy atom. The zero-order valence-electron chi connectivity index (χ0n) is 32.9. The molecule has 1 aromatic heterocycles. The highest BCUT2D eigenvalue weighted by molar-refractivity contribution is 7.25. The molecule has 10 aromatic carbocycles. The number of hydrogen-bond acceptors (Lipinski definition) is 2. The predicted molar refractivity (Wildman–Crippen MR) is 259 cm³/mol. The number of para-hydroxylation sites is 1. The van der Waals surface area contributed by atoms with Crippen LogP contribution in [0.2, 0.25) is 0 Å². The molecule has 0 bridgehead atoms. The van der Waals surface area contributed by atoms with E-state index < -0.39 is 0 Å². The molecule has 0 fully saturated rings. The van der Waals surface area contributed by atoms with Crippen LogP contribution >= 0.6 is 11.3 Å². The van der Waals surface area contributed by atoms with Crippen LogP contribution in [0.3, 0.4) is 0 Å². The number of nitrogens with zero attached hydrogens (tertiary/aromatic N) is 1. The summed E-state index contributed by atoms with van der Waals surface area (Å²) >= 11 is 1.86. The van der Waals surface area contributed by atoms with Gasteiger partial charge < -0.3 is 4.90 Å². The molecule has 0 aliphatic rings. The lowest BCUT2D eigenvalue weighted by Crippen LogP contribution is -2.11. The summed E-state index contributed by atoms with van der Waals surface area (Å²) in [6.07, 6.45) is 0. The second-order valence-electron chi connectivity index (χ2n) is 15.3. The molecule has 0 saturated heterocycles. The van der Waals surface area contributed by atoms with Gasteiger partial charge in [-0.25, -0.2) is 0 Å². The summed E-state index contributed by atoms with van der Waals surface area (Å²) < 4.78 is 2.64. The molecule has 1 nitrogen and oxygen atoms in total. The Labute approximate surface area is 354 Å². The molecule has 0 aliphatic carbocycles. The van der Waals surface area contributed by atoms with Gasteiger partial charge in [-0.2, -0.15) is 0 Å². The van der Waals surface area contributed by atoms with Crippen molar-refractivity contribution < 1.29 is 0 Å². The third-order valence-corrected chi connectivity index (χ3v) is 12.8. The second kappa shape index (κ2) is 15.3. The van der Waals surface area contributed by atoms with Crippen LogP contribution < -0.4 is 4.90 Å². The molecule has 1 heterocycles. The lowest BCUT2D eigenvalue weighted by atomic mass is 9.95. The first kappa shape index (κ1) is 35.6. The summed E-state index contributed by atoms with van der Waals surface area (Å²) in [4.78, 5) is 2.40. The Balaban J connectivity index is 0.982. The minimum atomic E-state index is 1.09. The van der Waals surface area contributed by atoms with Gasteiger partial charge in [0.15, 0.2) is 0 Å². The maximum absolute atomic E-state index is 2.40. The zero-order chi connectivity index (χ0) is 39.8. The van der Waals surface area contributed by atoms with Gasteiger partial charge in [-0.1, -0.05) is 188 Å². The summed E-state index contributed by atoms with van der Waals surface area (Å²) in [7, 11) is 0. The van der Waals surface area contributed by atoms with Crippen molar-refractivity contribution >= 4 is 59.3 Å². The Kier molecular flexibility index (Phi) is 9.11. The Bertz CT molecular complexity index is 3280. The second-order valence-corrected chi connectivity index (χ2v) is 16.4. The topological polar surface area (TPSA) is 3.24 Å². The zero-order valence-corrected chi connectivity index (χ0v) is 33.7. The predicted octanol–water partition coefficient (Wildman–Crippen LogP) is 17.0. The molecule has 0 unspecified atom stereocenters. The van der Waals surface area contributed by atoms with Gasteiger partial charge in [0.25, 0.3) is 0 Å². The quantitative estimate of drug-likeness (QED) is 0.148. The smallest absolute Gasteiger partial charge is 0.0540 e. The molecule has 0 saturated carbocycles. The van der Waals surface area contributed by atoms with Crippen molar-refractivity contribution in [1.29, 1.82) is 0 Å². The van der Waals surface area contributed by atoms with E-state index in [1.807, 2.05) is 11.3 Å². The van der Waals surface area contributed by atoms with Crippen LogP contribution in [0.5, 0.6) is 0 Å². The molecule has 0 radical (unpaired) electrons. The van der Waals surface area contributed by atoms with E-state index in [1.54, 1.807) is 0 Å². The minimum absolute atomic E-state index is 1.09. The first-order valence-corrected chi connectivity index (χ1v) is 21.3. The molecule has 11 aromatic rings. The molecule has 0 aliphatic heterocycles. The van der Waals surface area contributed by atoms with Crippen molar-refractivity contribution in [2.24, 2.45) is 0 Å². The van der Waals surface area contributed by atoms with Crippen LogP contribution in [-0.2, 0) is 0 Å².